The van der Waals surface area contributed by atoms with Gasteiger partial charge < -0.3 is 15.8 Å². The van der Waals surface area contributed by atoms with E-state index in [-0.39, 0.29) is 0 Å². The lowest BCUT2D eigenvalue weighted by Crippen LogP contribution is -2.11. The molecule has 2 aromatic rings. The zero-order valence-corrected chi connectivity index (χ0v) is 9.60. The van der Waals surface area contributed by atoms with Crippen molar-refractivity contribution in [3.05, 3.63) is 54.6 Å². The molecular weight excluding hydrogens is 212 g/mol. The van der Waals surface area contributed by atoms with E-state index in [0.29, 0.717) is 6.61 Å². The number of ether oxygens (including phenoxy) is 1. The molecule has 0 fully saturated rings. The van der Waals surface area contributed by atoms with Gasteiger partial charge in [-0.05, 0) is 36.4 Å². The van der Waals surface area contributed by atoms with Gasteiger partial charge in [0.05, 0.1) is 0 Å². The Labute approximate surface area is 101 Å². The molecule has 0 unspecified atom stereocenters. The summed E-state index contributed by atoms with van der Waals surface area (Å²) in [5.41, 5.74) is 7.43. The number of benzene rings is 2. The van der Waals surface area contributed by atoms with Gasteiger partial charge in [-0.1, -0.05) is 18.2 Å². The van der Waals surface area contributed by atoms with Crippen LogP contribution >= 0.6 is 0 Å². The highest BCUT2D eigenvalue weighted by Crippen LogP contribution is 2.10. The van der Waals surface area contributed by atoms with Crippen molar-refractivity contribution in [2.24, 2.45) is 0 Å². The number of anilines is 2. The van der Waals surface area contributed by atoms with E-state index in [0.717, 1.165) is 23.7 Å². The van der Waals surface area contributed by atoms with E-state index in [1.165, 1.54) is 0 Å². The van der Waals surface area contributed by atoms with Crippen LogP contribution in [0.1, 0.15) is 0 Å². The summed E-state index contributed by atoms with van der Waals surface area (Å²) >= 11 is 0. The fraction of sp³-hybridized carbons (Fsp3) is 0.143. The monoisotopic (exact) mass is 228 g/mol. The molecule has 0 heterocycles. The van der Waals surface area contributed by atoms with Crippen LogP contribution in [0.5, 0.6) is 5.75 Å². The minimum Gasteiger partial charge on any atom is -0.492 e. The maximum Gasteiger partial charge on any atom is 0.119 e. The van der Waals surface area contributed by atoms with Crippen LogP contribution in [0.3, 0.4) is 0 Å². The fourth-order valence-electron chi connectivity index (χ4n) is 1.48. The number of nitrogens with one attached hydrogen (secondary N) is 1. The standard InChI is InChI=1S/C14H16N2O/c15-12-6-8-13(9-7-12)16-10-11-17-14-4-2-1-3-5-14/h1-9,16H,10-11,15H2. The molecule has 0 aromatic heterocycles. The first kappa shape index (κ1) is 11.3. The number of para-hydroxylation sites is 1. The van der Waals surface area contributed by atoms with E-state index < -0.39 is 0 Å². The Morgan fingerprint density at radius 1 is 0.941 bits per heavy atom. The maximum atomic E-state index is 5.61. The largest absolute Gasteiger partial charge is 0.492 e. The van der Waals surface area contributed by atoms with Crippen molar-refractivity contribution in [2.75, 3.05) is 24.2 Å². The predicted molar refractivity (Wildman–Crippen MR) is 71.3 cm³/mol. The van der Waals surface area contributed by atoms with Gasteiger partial charge in [0.2, 0.25) is 0 Å². The zero-order chi connectivity index (χ0) is 11.9. The molecule has 2 rings (SSSR count). The van der Waals surface area contributed by atoms with E-state index >= 15 is 0 Å². The molecule has 0 saturated carbocycles. The number of nitrogen functional groups attached to an aromatic ring is 1. The Balaban J connectivity index is 1.71. The first-order valence-corrected chi connectivity index (χ1v) is 5.62. The Hall–Kier alpha value is -2.16. The number of nitrogens with two attached hydrogens (primary N) is 1. The molecule has 2 aromatic carbocycles. The highest BCUT2D eigenvalue weighted by Gasteiger charge is 1.93. The molecule has 0 aliphatic carbocycles. The molecule has 88 valence electrons. The van der Waals surface area contributed by atoms with Gasteiger partial charge in [0.25, 0.3) is 0 Å². The zero-order valence-electron chi connectivity index (χ0n) is 9.60. The Kier molecular flexibility index (Phi) is 3.86. The molecule has 17 heavy (non-hydrogen) atoms. The molecule has 3 nitrogen and oxygen atoms in total. The molecule has 0 spiro atoms. The Morgan fingerprint density at radius 2 is 1.65 bits per heavy atom. The van der Waals surface area contributed by atoms with Crippen molar-refractivity contribution in [1.29, 1.82) is 0 Å². The van der Waals surface area contributed by atoms with Crippen LogP contribution in [0, 0.1) is 0 Å². The van der Waals surface area contributed by atoms with Gasteiger partial charge in [-0.25, -0.2) is 0 Å². The first-order chi connectivity index (χ1) is 8.34. The van der Waals surface area contributed by atoms with Crippen LogP contribution in [-0.2, 0) is 0 Å². The average Bonchev–Trinajstić information content (AvgIpc) is 2.38. The molecule has 3 heteroatoms. The van der Waals surface area contributed by atoms with Crippen LogP contribution < -0.4 is 15.8 Å². The van der Waals surface area contributed by atoms with Gasteiger partial charge in [-0.2, -0.15) is 0 Å². The number of rotatable bonds is 5. The molecule has 0 aliphatic heterocycles. The summed E-state index contributed by atoms with van der Waals surface area (Å²) in [6, 6.07) is 17.5. The molecular formula is C14H16N2O. The van der Waals surface area contributed by atoms with E-state index in [2.05, 4.69) is 5.32 Å². The second-order valence-corrected chi connectivity index (χ2v) is 3.71. The van der Waals surface area contributed by atoms with Crippen LogP contribution in [0.25, 0.3) is 0 Å². The van der Waals surface area contributed by atoms with E-state index in [1.54, 1.807) is 0 Å². The summed E-state index contributed by atoms with van der Waals surface area (Å²) in [5.74, 6) is 0.895. The first-order valence-electron chi connectivity index (χ1n) is 5.62. The number of hydrogen-bond acceptors (Lipinski definition) is 3. The van der Waals surface area contributed by atoms with Crippen LogP contribution in [0.4, 0.5) is 11.4 Å². The quantitative estimate of drug-likeness (QED) is 0.611. The van der Waals surface area contributed by atoms with Gasteiger partial charge in [-0.15, -0.1) is 0 Å². The highest BCUT2D eigenvalue weighted by molar-refractivity contribution is 5.51. The molecule has 0 atom stereocenters. The smallest absolute Gasteiger partial charge is 0.119 e. The molecule has 3 N–H and O–H groups in total. The van der Waals surface area contributed by atoms with Crippen molar-refractivity contribution in [2.45, 2.75) is 0 Å². The van der Waals surface area contributed by atoms with Crippen molar-refractivity contribution < 1.29 is 4.74 Å². The van der Waals surface area contributed by atoms with Crippen molar-refractivity contribution >= 4 is 11.4 Å². The molecule has 0 aliphatic rings. The average molecular weight is 228 g/mol. The van der Waals surface area contributed by atoms with Crippen LogP contribution in [-0.4, -0.2) is 13.2 Å². The molecule has 0 saturated heterocycles. The summed E-state index contributed by atoms with van der Waals surface area (Å²) in [5, 5.41) is 3.26. The normalized spacial score (nSPS) is 9.88. The Morgan fingerprint density at radius 3 is 2.35 bits per heavy atom. The van der Waals surface area contributed by atoms with Gasteiger partial charge >= 0.3 is 0 Å². The summed E-state index contributed by atoms with van der Waals surface area (Å²) in [4.78, 5) is 0. The maximum absolute atomic E-state index is 5.61. The lowest BCUT2D eigenvalue weighted by Gasteiger charge is -2.08. The SMILES string of the molecule is Nc1ccc(NCCOc2ccccc2)cc1. The minimum atomic E-state index is 0.633. The Bertz CT molecular complexity index is 440. The van der Waals surface area contributed by atoms with E-state index in [4.69, 9.17) is 10.5 Å². The van der Waals surface area contributed by atoms with Crippen molar-refractivity contribution in [3.63, 3.8) is 0 Å². The molecule has 0 bridgehead atoms. The highest BCUT2D eigenvalue weighted by atomic mass is 16.5. The second-order valence-electron chi connectivity index (χ2n) is 3.71. The third-order valence-electron chi connectivity index (χ3n) is 2.35. The lowest BCUT2D eigenvalue weighted by molar-refractivity contribution is 0.333. The van der Waals surface area contributed by atoms with E-state index in [1.807, 2.05) is 54.6 Å². The lowest BCUT2D eigenvalue weighted by atomic mass is 10.3. The predicted octanol–water partition coefficient (Wildman–Crippen LogP) is 2.76. The number of hydrogen-bond donors (Lipinski definition) is 2. The van der Waals surface area contributed by atoms with Crippen molar-refractivity contribution in [1.82, 2.24) is 0 Å². The molecule has 0 amide bonds. The molecule has 0 radical (unpaired) electrons. The van der Waals surface area contributed by atoms with Crippen molar-refractivity contribution in [3.8, 4) is 5.75 Å². The third-order valence-corrected chi connectivity index (χ3v) is 2.35. The second kappa shape index (κ2) is 5.80. The summed E-state index contributed by atoms with van der Waals surface area (Å²) in [7, 11) is 0. The summed E-state index contributed by atoms with van der Waals surface area (Å²) < 4.78 is 5.56. The van der Waals surface area contributed by atoms with E-state index in [9.17, 15) is 0 Å². The van der Waals surface area contributed by atoms with Gasteiger partial charge in [0, 0.05) is 17.9 Å². The van der Waals surface area contributed by atoms with Gasteiger partial charge in [0.1, 0.15) is 12.4 Å². The van der Waals surface area contributed by atoms with Crippen LogP contribution in [0.15, 0.2) is 54.6 Å². The fourth-order valence-corrected chi connectivity index (χ4v) is 1.48. The minimum absolute atomic E-state index is 0.633. The topological polar surface area (TPSA) is 47.3 Å². The third kappa shape index (κ3) is 3.72. The van der Waals surface area contributed by atoms with Crippen LogP contribution in [0.2, 0.25) is 0 Å². The summed E-state index contributed by atoms with van der Waals surface area (Å²) in [6.07, 6.45) is 0. The van der Waals surface area contributed by atoms with Gasteiger partial charge in [0.15, 0.2) is 0 Å². The van der Waals surface area contributed by atoms with Gasteiger partial charge in [-0.3, -0.25) is 0 Å². The summed E-state index contributed by atoms with van der Waals surface area (Å²) in [6.45, 7) is 1.40.